The lowest BCUT2D eigenvalue weighted by Gasteiger charge is -2.41. The lowest BCUT2D eigenvalue weighted by molar-refractivity contribution is -0.172. The molecule has 1 aliphatic carbocycles. The number of aromatic nitrogens is 3. The number of nitrogens with one attached hydrogen (secondary N) is 1. The number of nitrogens with zero attached hydrogens (tertiary/aromatic N) is 6. The van der Waals surface area contributed by atoms with Crippen molar-refractivity contribution in [3.8, 4) is 23.0 Å². The zero-order valence-corrected chi connectivity index (χ0v) is 34.1. The number of carbonyl (C=O) groups excluding carboxylic acids is 2. The fourth-order valence-corrected chi connectivity index (χ4v) is 10.8. The fraction of sp³-hybridized carbons (Fsp3) is 0.489. The third-order valence-electron chi connectivity index (χ3n) is 13.6. The Morgan fingerprint density at radius 2 is 1.92 bits per heavy atom. The number of alkyl carbamates (subject to hydrolysis) is 1. The molecule has 4 unspecified atom stereocenters. The van der Waals surface area contributed by atoms with Gasteiger partial charge in [0, 0.05) is 43.7 Å². The number of piperidine rings is 1. The van der Waals surface area contributed by atoms with E-state index in [-0.39, 0.29) is 53.6 Å². The van der Waals surface area contributed by atoms with E-state index in [1.807, 2.05) is 17.9 Å². The van der Waals surface area contributed by atoms with Gasteiger partial charge in [0.25, 0.3) is 0 Å². The number of hydrogen-bond acceptors (Lipinski definition) is 10. The van der Waals surface area contributed by atoms with Gasteiger partial charge in [-0.05, 0) is 86.9 Å². The predicted molar refractivity (Wildman–Crippen MR) is 219 cm³/mol. The summed E-state index contributed by atoms with van der Waals surface area (Å²) in [6, 6.07) is 5.28. The third-order valence-corrected chi connectivity index (χ3v) is 13.6. The van der Waals surface area contributed by atoms with Crippen molar-refractivity contribution in [2.24, 2.45) is 5.92 Å². The Kier molecular flexibility index (Phi) is 10.0. The van der Waals surface area contributed by atoms with E-state index in [0.717, 1.165) is 29.8 Å². The molecule has 17 heteroatoms. The van der Waals surface area contributed by atoms with Gasteiger partial charge in [0.05, 0.1) is 29.1 Å². The lowest BCUT2D eigenvalue weighted by atomic mass is 9.91. The second-order valence-electron chi connectivity index (χ2n) is 17.8. The Bertz CT molecular complexity index is 2520. The number of ether oxygens (including phenoxy) is 3. The number of hydrogen-bond donors (Lipinski definition) is 1. The molecule has 0 spiro atoms. The van der Waals surface area contributed by atoms with E-state index >= 15 is 4.39 Å². The van der Waals surface area contributed by atoms with Gasteiger partial charge in [0.15, 0.2) is 5.82 Å². The van der Waals surface area contributed by atoms with Crippen molar-refractivity contribution < 1.29 is 45.8 Å². The molecule has 4 fully saturated rings. The zero-order valence-electron chi connectivity index (χ0n) is 34.1. The van der Waals surface area contributed by atoms with E-state index in [1.54, 1.807) is 36.4 Å². The number of aryl methyl sites for hydroxylation is 1. The van der Waals surface area contributed by atoms with Crippen LogP contribution in [-0.2, 0) is 11.2 Å². The Hall–Kier alpha value is -5.58. The Morgan fingerprint density at radius 1 is 1.08 bits per heavy atom. The van der Waals surface area contributed by atoms with Crippen molar-refractivity contribution in [1.29, 1.82) is 0 Å². The highest BCUT2D eigenvalue weighted by atomic mass is 19.4. The van der Waals surface area contributed by atoms with Crippen LogP contribution in [-0.4, -0.2) is 112 Å². The normalized spacial score (nSPS) is 28.6. The van der Waals surface area contributed by atoms with Crippen LogP contribution in [0.15, 0.2) is 60.8 Å². The van der Waals surface area contributed by atoms with E-state index in [0.29, 0.717) is 68.3 Å². The summed E-state index contributed by atoms with van der Waals surface area (Å²) in [5.41, 5.74) is -0.552. The van der Waals surface area contributed by atoms with Crippen molar-refractivity contribution in [1.82, 2.24) is 30.1 Å². The third kappa shape index (κ3) is 7.24. The lowest BCUT2D eigenvalue weighted by Crippen LogP contribution is -2.57. The maximum Gasteiger partial charge on any atom is 0.416 e. The molecular weight excluding hydrogens is 814 g/mol. The highest BCUT2D eigenvalue weighted by Crippen LogP contribution is 2.45. The van der Waals surface area contributed by atoms with Gasteiger partial charge in [-0.1, -0.05) is 42.5 Å². The van der Waals surface area contributed by atoms with Crippen LogP contribution in [0.3, 0.4) is 0 Å². The Labute approximate surface area is 354 Å². The monoisotopic (exact) mass is 859 g/mol. The van der Waals surface area contributed by atoms with Gasteiger partial charge < -0.3 is 24.4 Å². The van der Waals surface area contributed by atoms with Crippen LogP contribution in [0.4, 0.5) is 37.4 Å². The molecule has 0 radical (unpaired) electrons. The molecule has 2 amide bonds. The zero-order chi connectivity index (χ0) is 43.0. The minimum Gasteiger partial charge on any atom is -0.461 e. The average molecular weight is 860 g/mol. The molecule has 6 atom stereocenters. The summed E-state index contributed by atoms with van der Waals surface area (Å²) in [7, 11) is 0. The summed E-state index contributed by atoms with van der Waals surface area (Å²) in [6.45, 7) is 4.00. The topological polar surface area (TPSA) is 122 Å². The second-order valence-corrected chi connectivity index (χ2v) is 17.8. The molecule has 4 saturated heterocycles. The Balaban J connectivity index is 1.11. The number of halogens is 5. The number of rotatable bonds is 4. The molecule has 6 bridgehead atoms. The van der Waals surface area contributed by atoms with Crippen LogP contribution in [0.1, 0.15) is 57.4 Å². The first-order valence-electron chi connectivity index (χ1n) is 21.3. The van der Waals surface area contributed by atoms with Gasteiger partial charge in [-0.15, -0.1) is 0 Å². The largest absolute Gasteiger partial charge is 0.461 e. The first-order chi connectivity index (χ1) is 29.8. The molecule has 2 aromatic carbocycles. The van der Waals surface area contributed by atoms with E-state index in [4.69, 9.17) is 19.2 Å². The summed E-state index contributed by atoms with van der Waals surface area (Å²) in [5, 5.41) is 4.39. The molecule has 0 saturated carbocycles. The summed E-state index contributed by atoms with van der Waals surface area (Å²) >= 11 is 0. The smallest absolute Gasteiger partial charge is 0.416 e. The predicted octanol–water partition coefficient (Wildman–Crippen LogP) is 8.22. The molecule has 1 N–H and O–H groups in total. The fourth-order valence-electron chi connectivity index (χ4n) is 10.8. The van der Waals surface area contributed by atoms with E-state index in [1.165, 1.54) is 18.3 Å². The quantitative estimate of drug-likeness (QED) is 0.201. The standard InChI is InChI=1S/C45H46F5N7O5/c1-43-13-6-15-55(24-43)39-32-22-51-37(36(47)38(32)52-40(53-39)61-25-44-14-7-16-56(44)23-29(46)21-44)31-20-30(18-28-10-4-9-26(35(28)31)11-5-17-60-41(58)54-43)62-42(59)57-33-12-3-2-8-27(33)19-34(57)45(48,49)50/h2-4,8-10,12,18,20,22,27,29,33-34H,5-7,11,13-17,19,21,23-25H2,1H3,(H,54,58)/t27?,29-,33?,34?,43-,44?/m1/s1. The number of alkyl halides is 4. The summed E-state index contributed by atoms with van der Waals surface area (Å²) in [4.78, 5) is 46.0. The van der Waals surface area contributed by atoms with Crippen molar-refractivity contribution in [3.63, 3.8) is 0 Å². The molecule has 11 rings (SSSR count). The molecule has 4 aromatic rings. The maximum atomic E-state index is 17.7. The van der Waals surface area contributed by atoms with Crippen LogP contribution < -0.4 is 19.7 Å². The second kappa shape index (κ2) is 15.3. The molecule has 6 aliphatic heterocycles. The number of benzene rings is 2. The number of allylic oxidation sites excluding steroid dienone is 2. The van der Waals surface area contributed by atoms with Crippen LogP contribution in [0, 0.1) is 11.7 Å². The number of likely N-dealkylation sites (tertiary alicyclic amines) is 1. The van der Waals surface area contributed by atoms with Crippen LogP contribution >= 0.6 is 0 Å². The van der Waals surface area contributed by atoms with Crippen molar-refractivity contribution >= 4 is 39.7 Å². The summed E-state index contributed by atoms with van der Waals surface area (Å²) < 4.78 is 93.5. The van der Waals surface area contributed by atoms with Crippen LogP contribution in [0.5, 0.6) is 11.8 Å². The average Bonchev–Trinajstić information content (AvgIpc) is 3.91. The Morgan fingerprint density at radius 3 is 2.77 bits per heavy atom. The SMILES string of the molecule is C[C@@]12CCCN(C1)c1nc(OCC34CCCN3C[C@H](F)C4)nc3c(F)c(ncc13)-c1cc(OC(=O)N3C4C=CC=CC4CC3C(F)(F)F)cc3cccc(c13)CCCOC(=O)N2. The van der Waals surface area contributed by atoms with Gasteiger partial charge >= 0.3 is 24.4 Å². The molecule has 7 aliphatic rings. The van der Waals surface area contributed by atoms with Gasteiger partial charge in [0.2, 0.25) is 0 Å². The van der Waals surface area contributed by atoms with Crippen LogP contribution in [0.25, 0.3) is 32.9 Å². The number of anilines is 1. The molecule has 8 heterocycles. The first-order valence-corrected chi connectivity index (χ1v) is 21.3. The van der Waals surface area contributed by atoms with Crippen molar-refractivity contribution in [2.45, 2.75) is 93.8 Å². The highest BCUT2D eigenvalue weighted by molar-refractivity contribution is 6.02. The highest BCUT2D eigenvalue weighted by Gasteiger charge is 2.55. The first kappa shape index (κ1) is 40.5. The van der Waals surface area contributed by atoms with Crippen molar-refractivity contribution in [3.05, 3.63) is 72.2 Å². The number of fused-ring (bicyclic) bond motifs is 8. The molecular formula is C45H46F5N7O5. The van der Waals surface area contributed by atoms with Gasteiger partial charge in [-0.3, -0.25) is 14.8 Å². The molecule has 326 valence electrons. The minimum atomic E-state index is -4.71. The number of amides is 2. The van der Waals surface area contributed by atoms with Gasteiger partial charge in [-0.25, -0.2) is 18.4 Å². The van der Waals surface area contributed by atoms with Crippen LogP contribution in [0.2, 0.25) is 0 Å². The van der Waals surface area contributed by atoms with Gasteiger partial charge in [0.1, 0.15) is 41.6 Å². The minimum absolute atomic E-state index is 0.0867. The van der Waals surface area contributed by atoms with Crippen molar-refractivity contribution in [2.75, 3.05) is 44.3 Å². The number of pyridine rings is 1. The maximum absolute atomic E-state index is 17.7. The molecule has 62 heavy (non-hydrogen) atoms. The van der Waals surface area contributed by atoms with E-state index in [2.05, 4.69) is 20.2 Å². The molecule has 2 aromatic heterocycles. The summed E-state index contributed by atoms with van der Waals surface area (Å²) in [6.07, 6.45) is 4.27. The van der Waals surface area contributed by atoms with E-state index < -0.39 is 59.4 Å². The van der Waals surface area contributed by atoms with Gasteiger partial charge in [-0.2, -0.15) is 23.1 Å². The summed E-state index contributed by atoms with van der Waals surface area (Å²) in [5.74, 6) is -1.13. The molecule has 12 nitrogen and oxygen atoms in total. The number of carbonyl (C=O) groups is 2. The van der Waals surface area contributed by atoms with E-state index in [9.17, 15) is 27.2 Å².